The third kappa shape index (κ3) is 4.00. The quantitative estimate of drug-likeness (QED) is 0.688. The van der Waals surface area contributed by atoms with Gasteiger partial charge in [0.25, 0.3) is 0 Å². The largest absolute Gasteiger partial charge is 0.349 e. The lowest BCUT2D eigenvalue weighted by molar-refractivity contribution is -0.128. The highest BCUT2D eigenvalue weighted by Gasteiger charge is 2.45. The molecule has 2 aliphatic rings. The number of hydrogen-bond acceptors (Lipinski definition) is 4. The Morgan fingerprint density at radius 2 is 1.90 bits per heavy atom. The molecule has 0 aliphatic carbocycles. The highest BCUT2D eigenvalue weighted by atomic mass is 32.1. The fourth-order valence-corrected chi connectivity index (χ4v) is 5.21. The summed E-state index contributed by atoms with van der Waals surface area (Å²) in [5, 5.41) is 4.94. The Bertz CT molecular complexity index is 878. The van der Waals surface area contributed by atoms with E-state index in [2.05, 4.69) is 17.4 Å². The Morgan fingerprint density at radius 3 is 2.48 bits per heavy atom. The molecule has 152 valence electrons. The summed E-state index contributed by atoms with van der Waals surface area (Å²) in [5.41, 5.74) is 8.62. The smallest absolute Gasteiger partial charge is 0.247 e. The summed E-state index contributed by atoms with van der Waals surface area (Å²) in [6, 6.07) is 11.9. The van der Waals surface area contributed by atoms with Crippen LogP contribution in [0.3, 0.4) is 0 Å². The van der Waals surface area contributed by atoms with Crippen molar-refractivity contribution in [2.45, 2.75) is 56.8 Å². The number of carbonyl (C=O) groups excluding carboxylic acids is 2. The van der Waals surface area contributed by atoms with Gasteiger partial charge in [-0.1, -0.05) is 43.3 Å². The van der Waals surface area contributed by atoms with Crippen molar-refractivity contribution in [3.8, 4) is 0 Å². The molecule has 1 aromatic heterocycles. The molecule has 5 nitrogen and oxygen atoms in total. The van der Waals surface area contributed by atoms with Gasteiger partial charge in [0.15, 0.2) is 0 Å². The lowest BCUT2D eigenvalue weighted by Gasteiger charge is -2.21. The predicted molar refractivity (Wildman–Crippen MR) is 115 cm³/mol. The van der Waals surface area contributed by atoms with Crippen molar-refractivity contribution in [3.05, 3.63) is 69.9 Å². The maximum atomic E-state index is 12.9. The van der Waals surface area contributed by atoms with E-state index < -0.39 is 6.04 Å². The van der Waals surface area contributed by atoms with Crippen LogP contribution in [0.25, 0.3) is 0 Å². The molecule has 2 aliphatic heterocycles. The minimum atomic E-state index is -0.587. The zero-order valence-electron chi connectivity index (χ0n) is 16.6. The summed E-state index contributed by atoms with van der Waals surface area (Å²) in [6.07, 6.45) is 6.70. The monoisotopic (exact) mass is 409 g/mol. The van der Waals surface area contributed by atoms with Crippen LogP contribution in [-0.4, -0.2) is 28.8 Å². The van der Waals surface area contributed by atoms with E-state index in [-0.39, 0.29) is 29.9 Å². The Hall–Kier alpha value is -2.44. The molecule has 2 bridgehead atoms. The summed E-state index contributed by atoms with van der Waals surface area (Å²) in [4.78, 5) is 28.5. The average molecular weight is 410 g/mol. The normalized spacial score (nSPS) is 21.9. The minimum absolute atomic E-state index is 0.0179. The van der Waals surface area contributed by atoms with E-state index in [1.165, 1.54) is 11.1 Å². The van der Waals surface area contributed by atoms with Gasteiger partial charge in [-0.25, -0.2) is 0 Å². The van der Waals surface area contributed by atoms with Gasteiger partial charge >= 0.3 is 0 Å². The predicted octanol–water partition coefficient (Wildman–Crippen LogP) is 3.49. The van der Waals surface area contributed by atoms with Gasteiger partial charge in [-0.2, -0.15) is 0 Å². The molecular weight excluding hydrogens is 382 g/mol. The maximum Gasteiger partial charge on any atom is 0.247 e. The standard InChI is InChI=1S/C23H27N3O2S/c1-2-15(25-23(28)19(24)14-16-6-5-13-29-16)9-12-22(27)26-20-10-11-21(26)18-8-4-3-7-17(18)20/h3-9,12-13,15,19-21H,2,10-11,14,24H2,1H3,(H,25,28)/b12-9+/t15-,19-,20-,21?/m0/s1. The van der Waals surface area contributed by atoms with E-state index in [1.807, 2.05) is 41.5 Å². The second-order valence-electron chi connectivity index (χ2n) is 7.76. The molecule has 3 N–H and O–H groups in total. The van der Waals surface area contributed by atoms with Crippen molar-refractivity contribution in [2.24, 2.45) is 5.73 Å². The number of rotatable bonds is 7. The topological polar surface area (TPSA) is 75.4 Å². The molecule has 1 unspecified atom stereocenters. The van der Waals surface area contributed by atoms with Gasteiger partial charge < -0.3 is 16.0 Å². The Morgan fingerprint density at radius 1 is 1.21 bits per heavy atom. The number of thiophene rings is 1. The number of amides is 2. The van der Waals surface area contributed by atoms with E-state index in [0.29, 0.717) is 12.8 Å². The molecule has 4 rings (SSSR count). The van der Waals surface area contributed by atoms with E-state index in [4.69, 9.17) is 5.73 Å². The second kappa shape index (κ2) is 8.51. The highest BCUT2D eigenvalue weighted by molar-refractivity contribution is 7.09. The molecule has 4 atom stereocenters. The van der Waals surface area contributed by atoms with Crippen LogP contribution < -0.4 is 11.1 Å². The number of nitrogens with zero attached hydrogens (tertiary/aromatic N) is 1. The fraction of sp³-hybridized carbons (Fsp3) is 0.391. The average Bonchev–Trinajstić information content (AvgIpc) is 3.46. The van der Waals surface area contributed by atoms with Crippen molar-refractivity contribution >= 4 is 23.2 Å². The van der Waals surface area contributed by atoms with Gasteiger partial charge in [0.05, 0.1) is 18.1 Å². The summed E-state index contributed by atoms with van der Waals surface area (Å²) < 4.78 is 0. The molecule has 6 heteroatoms. The van der Waals surface area contributed by atoms with Gasteiger partial charge in [0.2, 0.25) is 11.8 Å². The molecule has 3 heterocycles. The Balaban J connectivity index is 1.36. The third-order valence-corrected chi connectivity index (χ3v) is 6.83. The van der Waals surface area contributed by atoms with Crippen LogP contribution in [-0.2, 0) is 16.0 Å². The van der Waals surface area contributed by atoms with E-state index in [0.717, 1.165) is 17.7 Å². The summed E-state index contributed by atoms with van der Waals surface area (Å²) in [5.74, 6) is -0.166. The summed E-state index contributed by atoms with van der Waals surface area (Å²) in [7, 11) is 0. The van der Waals surface area contributed by atoms with Gasteiger partial charge in [-0.05, 0) is 41.8 Å². The molecule has 2 aromatic rings. The zero-order valence-corrected chi connectivity index (χ0v) is 17.4. The molecular formula is C23H27N3O2S. The highest BCUT2D eigenvalue weighted by Crippen LogP contribution is 2.52. The zero-order chi connectivity index (χ0) is 20.4. The van der Waals surface area contributed by atoms with Crippen LogP contribution in [0.5, 0.6) is 0 Å². The molecule has 29 heavy (non-hydrogen) atoms. The molecule has 0 saturated carbocycles. The van der Waals surface area contributed by atoms with Gasteiger partial charge in [-0.3, -0.25) is 9.59 Å². The first kappa shape index (κ1) is 19.9. The summed E-state index contributed by atoms with van der Waals surface area (Å²) in [6.45, 7) is 1.99. The molecule has 1 aromatic carbocycles. The van der Waals surface area contributed by atoms with Gasteiger partial charge in [0.1, 0.15) is 0 Å². The van der Waals surface area contributed by atoms with Crippen molar-refractivity contribution in [2.75, 3.05) is 0 Å². The Labute approximate surface area is 175 Å². The number of carbonyl (C=O) groups is 2. The second-order valence-corrected chi connectivity index (χ2v) is 8.79. The number of fused-ring (bicyclic) bond motifs is 5. The van der Waals surface area contributed by atoms with Gasteiger partial charge in [-0.15, -0.1) is 11.3 Å². The van der Waals surface area contributed by atoms with Crippen LogP contribution in [0.2, 0.25) is 0 Å². The van der Waals surface area contributed by atoms with E-state index in [1.54, 1.807) is 23.5 Å². The van der Waals surface area contributed by atoms with Crippen molar-refractivity contribution in [3.63, 3.8) is 0 Å². The van der Waals surface area contributed by atoms with Crippen LogP contribution in [0.1, 0.15) is 54.3 Å². The summed E-state index contributed by atoms with van der Waals surface area (Å²) >= 11 is 1.60. The van der Waals surface area contributed by atoms with Crippen LogP contribution in [0.15, 0.2) is 53.9 Å². The minimum Gasteiger partial charge on any atom is -0.349 e. The molecule has 2 amide bonds. The molecule has 1 saturated heterocycles. The van der Waals surface area contributed by atoms with Gasteiger partial charge in [0, 0.05) is 23.4 Å². The fourth-order valence-electron chi connectivity index (χ4n) is 4.45. The first-order valence-electron chi connectivity index (χ1n) is 10.3. The number of benzene rings is 1. The lowest BCUT2D eigenvalue weighted by atomic mass is 9.92. The third-order valence-electron chi connectivity index (χ3n) is 5.93. The first-order valence-corrected chi connectivity index (χ1v) is 11.1. The number of hydrogen-bond donors (Lipinski definition) is 2. The first-order chi connectivity index (χ1) is 14.1. The molecule has 0 radical (unpaired) electrons. The Kier molecular flexibility index (Phi) is 5.83. The van der Waals surface area contributed by atoms with Crippen LogP contribution >= 0.6 is 11.3 Å². The maximum absolute atomic E-state index is 12.9. The van der Waals surface area contributed by atoms with Crippen molar-refractivity contribution in [1.29, 1.82) is 0 Å². The number of nitrogens with one attached hydrogen (secondary N) is 1. The van der Waals surface area contributed by atoms with E-state index in [9.17, 15) is 9.59 Å². The SMILES string of the molecule is CC[C@@H](/C=C/C(=O)N1C2CC[C@H]1c1ccccc12)NC(=O)[C@@H](N)Cc1cccs1. The van der Waals surface area contributed by atoms with Crippen LogP contribution in [0.4, 0.5) is 0 Å². The van der Waals surface area contributed by atoms with Crippen LogP contribution in [0, 0.1) is 0 Å². The molecule has 0 spiro atoms. The number of nitrogens with two attached hydrogens (primary N) is 1. The molecule has 1 fully saturated rings. The lowest BCUT2D eigenvalue weighted by Crippen LogP contribution is -2.45. The van der Waals surface area contributed by atoms with Crippen molar-refractivity contribution in [1.82, 2.24) is 10.2 Å². The van der Waals surface area contributed by atoms with Crippen molar-refractivity contribution < 1.29 is 9.59 Å². The van der Waals surface area contributed by atoms with E-state index >= 15 is 0 Å².